The third-order valence-corrected chi connectivity index (χ3v) is 12.4. The first-order chi connectivity index (χ1) is 26.4. The molecule has 10 nitrogen and oxygen atoms in total. The molecule has 10 rings (SSSR count). The Morgan fingerprint density at radius 3 is 1.39 bits per heavy atom. The zero-order valence-electron chi connectivity index (χ0n) is 29.6. The molecule has 6 heterocycles. The van der Waals surface area contributed by atoms with Gasteiger partial charge in [-0.1, -0.05) is 109 Å². The average Bonchev–Trinajstić information content (AvgIpc) is 4.07. The molecule has 4 bridgehead atoms. The van der Waals surface area contributed by atoms with Crippen molar-refractivity contribution in [2.45, 2.75) is 60.8 Å². The maximum Gasteiger partial charge on any atom is 0.252 e. The first-order valence-electron chi connectivity index (χ1n) is 18.8. The Morgan fingerprint density at radius 2 is 1.00 bits per heavy atom. The number of fused-ring (bicyclic) bond motifs is 10. The minimum atomic E-state index is -1.17. The smallest absolute Gasteiger partial charge is 0.252 e. The Labute approximate surface area is 312 Å². The van der Waals surface area contributed by atoms with Gasteiger partial charge in [0.15, 0.2) is 0 Å². The summed E-state index contributed by atoms with van der Waals surface area (Å²) >= 11 is 0. The molecule has 10 heteroatoms. The number of likely N-dealkylation sites (tertiary alicyclic amines) is 2. The number of carbonyl (C=O) groups is 2. The number of nitrogens with zero attached hydrogens (tertiary/aromatic N) is 4. The lowest BCUT2D eigenvalue weighted by atomic mass is 9.76. The van der Waals surface area contributed by atoms with Gasteiger partial charge in [0.05, 0.1) is 0 Å². The summed E-state index contributed by atoms with van der Waals surface area (Å²) in [5.74, 6) is 0.942. The Morgan fingerprint density at radius 1 is 0.611 bits per heavy atom. The molecule has 2 amide bonds. The van der Waals surface area contributed by atoms with Gasteiger partial charge in [-0.2, -0.15) is 0 Å². The van der Waals surface area contributed by atoms with Crippen LogP contribution in [0.2, 0.25) is 0 Å². The van der Waals surface area contributed by atoms with Gasteiger partial charge in [0, 0.05) is 61.5 Å². The second-order valence-corrected chi connectivity index (χ2v) is 15.1. The molecule has 270 valence electrons. The van der Waals surface area contributed by atoms with E-state index in [-0.39, 0.29) is 36.5 Å². The van der Waals surface area contributed by atoms with Gasteiger partial charge in [-0.05, 0) is 46.2 Å². The van der Waals surface area contributed by atoms with Gasteiger partial charge < -0.3 is 30.0 Å². The van der Waals surface area contributed by atoms with Gasteiger partial charge in [0.2, 0.25) is 0 Å². The van der Waals surface area contributed by atoms with Crippen molar-refractivity contribution >= 4 is 11.8 Å². The molecule has 2 aromatic heterocycles. The molecule has 0 aliphatic carbocycles. The van der Waals surface area contributed by atoms with Crippen molar-refractivity contribution in [3.63, 3.8) is 0 Å². The maximum atomic E-state index is 14.0. The van der Waals surface area contributed by atoms with Crippen LogP contribution < -0.4 is 0 Å². The summed E-state index contributed by atoms with van der Waals surface area (Å²) in [7, 11) is 0. The van der Waals surface area contributed by atoms with Crippen LogP contribution in [0.25, 0.3) is 11.1 Å². The molecule has 4 N–H and O–H groups in total. The van der Waals surface area contributed by atoms with Crippen LogP contribution in [0.5, 0.6) is 0 Å². The molecule has 6 atom stereocenters. The van der Waals surface area contributed by atoms with Crippen molar-refractivity contribution in [1.82, 2.24) is 29.7 Å². The lowest BCUT2D eigenvalue weighted by Crippen LogP contribution is -2.51. The van der Waals surface area contributed by atoms with E-state index in [0.29, 0.717) is 13.1 Å². The fraction of sp³-hybridized carbons (Fsp3) is 0.273. The van der Waals surface area contributed by atoms with Gasteiger partial charge in [0.25, 0.3) is 11.8 Å². The van der Waals surface area contributed by atoms with Crippen LogP contribution in [-0.2, 0) is 33.5 Å². The number of rotatable bonds is 9. The van der Waals surface area contributed by atoms with Crippen LogP contribution in [0.3, 0.4) is 0 Å². The van der Waals surface area contributed by atoms with Gasteiger partial charge >= 0.3 is 0 Å². The summed E-state index contributed by atoms with van der Waals surface area (Å²) in [6.45, 7) is 1.05. The topological polar surface area (TPSA) is 138 Å². The first kappa shape index (κ1) is 32.8. The van der Waals surface area contributed by atoms with Crippen molar-refractivity contribution in [3.05, 3.63) is 167 Å². The Bertz CT molecular complexity index is 2190. The number of aliphatic hydroxyl groups is 2. The number of hydrogen-bond donors (Lipinski definition) is 4. The van der Waals surface area contributed by atoms with Crippen LogP contribution in [-0.4, -0.2) is 77.1 Å². The molecule has 0 spiro atoms. The van der Waals surface area contributed by atoms with Crippen LogP contribution in [0.1, 0.15) is 70.0 Å². The molecular weight excluding hydrogens is 677 g/mol. The zero-order valence-corrected chi connectivity index (χ0v) is 29.6. The summed E-state index contributed by atoms with van der Waals surface area (Å²) in [6.07, 6.45) is 3.43. The van der Waals surface area contributed by atoms with Crippen molar-refractivity contribution in [2.24, 2.45) is 0 Å². The van der Waals surface area contributed by atoms with E-state index in [1.54, 1.807) is 0 Å². The van der Waals surface area contributed by atoms with E-state index in [4.69, 9.17) is 9.97 Å². The van der Waals surface area contributed by atoms with Gasteiger partial charge in [-0.15, -0.1) is 0 Å². The SMILES string of the molecule is O=C([C@H](O)Cc1ccccc1)N1CCC2c3cnc([nH]3)[C@@]21c1ccc(-c2ccc([C@]34c5ncc([nH]5)C3CCN4C(=O)[C@H](O)Cc3ccccc3)cc2)cc1. The van der Waals surface area contributed by atoms with Crippen LogP contribution in [0.15, 0.2) is 122 Å². The summed E-state index contributed by atoms with van der Waals surface area (Å²) in [4.78, 5) is 48.0. The molecule has 2 fully saturated rings. The Kier molecular flexibility index (Phi) is 7.50. The molecule has 4 aliphatic heterocycles. The number of nitrogens with one attached hydrogen (secondary N) is 2. The van der Waals surface area contributed by atoms with Crippen molar-refractivity contribution < 1.29 is 19.8 Å². The van der Waals surface area contributed by atoms with Gasteiger partial charge in [-0.3, -0.25) is 9.59 Å². The molecule has 2 saturated heterocycles. The number of aromatic amines is 2. The number of imidazole rings is 2. The third kappa shape index (κ3) is 4.66. The number of benzene rings is 4. The van der Waals surface area contributed by atoms with Crippen molar-refractivity contribution in [1.29, 1.82) is 0 Å². The average molecular weight is 717 g/mol. The zero-order chi connectivity index (χ0) is 36.6. The summed E-state index contributed by atoms with van der Waals surface area (Å²) < 4.78 is 0. The minimum Gasteiger partial charge on any atom is -0.383 e. The molecule has 6 aromatic rings. The molecule has 4 aliphatic rings. The molecule has 2 unspecified atom stereocenters. The minimum absolute atomic E-state index is 0.0341. The lowest BCUT2D eigenvalue weighted by Gasteiger charge is -2.40. The van der Waals surface area contributed by atoms with Gasteiger partial charge in [0.1, 0.15) is 34.9 Å². The van der Waals surface area contributed by atoms with E-state index in [2.05, 4.69) is 58.5 Å². The quantitative estimate of drug-likeness (QED) is 0.163. The number of hydrogen-bond acceptors (Lipinski definition) is 6. The summed E-state index contributed by atoms with van der Waals surface area (Å²) in [5, 5.41) is 22.4. The fourth-order valence-electron chi connectivity index (χ4n) is 10.0. The molecule has 0 saturated carbocycles. The van der Waals surface area contributed by atoms with Gasteiger partial charge in [-0.25, -0.2) is 9.97 Å². The highest BCUT2D eigenvalue weighted by atomic mass is 16.3. The van der Waals surface area contributed by atoms with Crippen LogP contribution >= 0.6 is 0 Å². The van der Waals surface area contributed by atoms with E-state index < -0.39 is 23.3 Å². The van der Waals surface area contributed by atoms with E-state index in [0.717, 1.165) is 69.3 Å². The van der Waals surface area contributed by atoms with Crippen LogP contribution in [0.4, 0.5) is 0 Å². The van der Waals surface area contributed by atoms with Crippen LogP contribution in [0, 0.1) is 0 Å². The number of aromatic nitrogens is 4. The highest BCUT2D eigenvalue weighted by Gasteiger charge is 2.61. The van der Waals surface area contributed by atoms with E-state index in [9.17, 15) is 19.8 Å². The van der Waals surface area contributed by atoms with Crippen molar-refractivity contribution in [3.8, 4) is 11.1 Å². The molecule has 0 radical (unpaired) electrons. The second-order valence-electron chi connectivity index (χ2n) is 15.1. The number of amides is 2. The molecule has 54 heavy (non-hydrogen) atoms. The third-order valence-electron chi connectivity index (χ3n) is 12.4. The highest BCUT2D eigenvalue weighted by Crippen LogP contribution is 2.57. The molecular formula is C44H40N6O4. The van der Waals surface area contributed by atoms with E-state index >= 15 is 0 Å². The Balaban J connectivity index is 0.938. The monoisotopic (exact) mass is 716 g/mol. The number of H-pyrrole nitrogens is 2. The summed E-state index contributed by atoms with van der Waals surface area (Å²) in [6, 6.07) is 35.9. The lowest BCUT2D eigenvalue weighted by molar-refractivity contribution is -0.144. The Hall–Kier alpha value is -5.84. The number of aliphatic hydroxyl groups excluding tert-OH is 2. The maximum absolute atomic E-state index is 14.0. The highest BCUT2D eigenvalue weighted by molar-refractivity contribution is 5.84. The predicted molar refractivity (Wildman–Crippen MR) is 201 cm³/mol. The van der Waals surface area contributed by atoms with E-state index in [1.165, 1.54) is 0 Å². The number of carbonyl (C=O) groups excluding carboxylic acids is 2. The standard InChI is InChI=1S/C44H40N6O4/c51-37(23-27-7-3-1-4-8-27)39(53)49-21-19-33-35-25-45-41(47-35)43(33,49)31-15-11-29(12-16-31)30-13-17-32(18-14-30)44-34(36-26-46-42(44)48-36)20-22-50(44)40(54)38(52)24-28-9-5-2-6-10-28/h1-18,25-26,33-34,37-38,51-52H,19-24H2,(H,45,47)(H,46,48)/t33?,34?,37-,38-,43-,44-/m1/s1. The largest absolute Gasteiger partial charge is 0.383 e. The van der Waals surface area contributed by atoms with E-state index in [1.807, 2.05) is 82.9 Å². The summed E-state index contributed by atoms with van der Waals surface area (Å²) in [5.41, 5.74) is 6.16. The first-order valence-corrected chi connectivity index (χ1v) is 18.8. The van der Waals surface area contributed by atoms with Crippen molar-refractivity contribution in [2.75, 3.05) is 13.1 Å². The normalized spacial score (nSPS) is 24.4. The second kappa shape index (κ2) is 12.4. The predicted octanol–water partition coefficient (Wildman–Crippen LogP) is 5.15. The fourth-order valence-corrected chi connectivity index (χ4v) is 10.0. The molecule has 4 aromatic carbocycles.